The summed E-state index contributed by atoms with van der Waals surface area (Å²) in [6, 6.07) is 17.6. The quantitative estimate of drug-likeness (QED) is 0.678. The van der Waals surface area contributed by atoms with E-state index in [-0.39, 0.29) is 5.91 Å². The second kappa shape index (κ2) is 5.50. The molecule has 0 aliphatic carbocycles. The Morgan fingerprint density at radius 1 is 0.913 bits per heavy atom. The summed E-state index contributed by atoms with van der Waals surface area (Å²) < 4.78 is 0. The van der Waals surface area contributed by atoms with Crippen LogP contribution in [0.4, 0.5) is 11.5 Å². The Balaban J connectivity index is 1.87. The number of anilines is 2. The Kier molecular flexibility index (Phi) is 3.20. The minimum Gasteiger partial charge on any atom is -0.268 e. The number of para-hydroxylation sites is 1. The van der Waals surface area contributed by atoms with Crippen LogP contribution in [0.2, 0.25) is 0 Å². The molecular formula is C19H13N3O. The van der Waals surface area contributed by atoms with Gasteiger partial charge in [-0.15, -0.1) is 0 Å². The van der Waals surface area contributed by atoms with E-state index in [4.69, 9.17) is 0 Å². The molecular weight excluding hydrogens is 286 g/mol. The normalized spacial score (nSPS) is 15.0. The highest BCUT2D eigenvalue weighted by Gasteiger charge is 2.33. The number of carbonyl (C=O) groups is 1. The first-order valence-corrected chi connectivity index (χ1v) is 7.31. The van der Waals surface area contributed by atoms with E-state index in [0.717, 1.165) is 16.8 Å². The maximum absolute atomic E-state index is 13.0. The summed E-state index contributed by atoms with van der Waals surface area (Å²) in [5.41, 5.74) is 3.40. The van der Waals surface area contributed by atoms with Crippen LogP contribution >= 0.6 is 0 Å². The predicted octanol–water partition coefficient (Wildman–Crippen LogP) is 3.70. The van der Waals surface area contributed by atoms with Crippen LogP contribution in [-0.4, -0.2) is 15.9 Å². The molecule has 0 unspecified atom stereocenters. The third-order valence-electron chi connectivity index (χ3n) is 3.76. The summed E-state index contributed by atoms with van der Waals surface area (Å²) in [6.45, 7) is 0. The zero-order chi connectivity index (χ0) is 15.6. The maximum Gasteiger partial charge on any atom is 0.264 e. The van der Waals surface area contributed by atoms with Crippen LogP contribution in [0.1, 0.15) is 11.1 Å². The number of carbonyl (C=O) groups excluding carboxylic acids is 1. The number of rotatable bonds is 2. The zero-order valence-corrected chi connectivity index (χ0v) is 12.3. The van der Waals surface area contributed by atoms with Gasteiger partial charge in [-0.3, -0.25) is 14.7 Å². The largest absolute Gasteiger partial charge is 0.268 e. The summed E-state index contributed by atoms with van der Waals surface area (Å²) in [4.78, 5) is 22.9. The molecule has 1 aromatic heterocycles. The molecule has 0 atom stereocenters. The lowest BCUT2D eigenvalue weighted by molar-refractivity contribution is -0.112. The summed E-state index contributed by atoms with van der Waals surface area (Å²) >= 11 is 0. The lowest BCUT2D eigenvalue weighted by Gasteiger charge is -2.14. The Bertz CT molecular complexity index is 889. The van der Waals surface area contributed by atoms with Gasteiger partial charge in [-0.1, -0.05) is 48.5 Å². The van der Waals surface area contributed by atoms with Crippen LogP contribution in [0.15, 0.2) is 73.2 Å². The predicted molar refractivity (Wildman–Crippen MR) is 89.9 cm³/mol. The molecule has 2 heterocycles. The van der Waals surface area contributed by atoms with Crippen molar-refractivity contribution in [3.8, 4) is 0 Å². The molecule has 4 rings (SSSR count). The highest BCUT2D eigenvalue weighted by Crippen LogP contribution is 2.41. The Morgan fingerprint density at radius 3 is 2.48 bits per heavy atom. The fourth-order valence-electron chi connectivity index (χ4n) is 2.73. The second-order valence-corrected chi connectivity index (χ2v) is 5.19. The van der Waals surface area contributed by atoms with Gasteiger partial charge >= 0.3 is 0 Å². The molecule has 110 valence electrons. The molecule has 4 heteroatoms. The van der Waals surface area contributed by atoms with E-state index in [1.165, 1.54) is 0 Å². The third-order valence-corrected chi connectivity index (χ3v) is 3.76. The minimum atomic E-state index is -0.0875. The van der Waals surface area contributed by atoms with Crippen molar-refractivity contribution in [2.75, 3.05) is 4.90 Å². The third kappa shape index (κ3) is 2.30. The van der Waals surface area contributed by atoms with Gasteiger partial charge in [0.25, 0.3) is 5.91 Å². The van der Waals surface area contributed by atoms with E-state index >= 15 is 0 Å². The molecule has 2 aromatic carbocycles. The smallest absolute Gasteiger partial charge is 0.264 e. The standard InChI is InChI=1S/C19H13N3O/c23-19-16(12-14-6-2-1-3-7-14)15-8-4-5-9-17(15)22(19)18-13-20-10-11-21-18/h1-13H/b16-12-. The van der Waals surface area contributed by atoms with Crippen molar-refractivity contribution >= 4 is 29.1 Å². The van der Waals surface area contributed by atoms with E-state index in [1.807, 2.05) is 60.7 Å². The SMILES string of the molecule is O=C1/C(=C\c2ccccc2)c2ccccc2N1c1cnccn1. The van der Waals surface area contributed by atoms with Crippen molar-refractivity contribution in [2.45, 2.75) is 0 Å². The highest BCUT2D eigenvalue weighted by atomic mass is 16.2. The van der Waals surface area contributed by atoms with E-state index < -0.39 is 0 Å². The first-order chi connectivity index (χ1) is 11.3. The number of hydrogen-bond acceptors (Lipinski definition) is 3. The molecule has 1 aliphatic rings. The number of aromatic nitrogens is 2. The first-order valence-electron chi connectivity index (χ1n) is 7.31. The number of benzene rings is 2. The van der Waals surface area contributed by atoms with Crippen molar-refractivity contribution in [1.82, 2.24) is 9.97 Å². The van der Waals surface area contributed by atoms with Gasteiger partial charge in [0.2, 0.25) is 0 Å². The minimum absolute atomic E-state index is 0.0875. The molecule has 23 heavy (non-hydrogen) atoms. The summed E-state index contributed by atoms with van der Waals surface area (Å²) in [5.74, 6) is 0.442. The number of fused-ring (bicyclic) bond motifs is 1. The summed E-state index contributed by atoms with van der Waals surface area (Å²) in [5, 5.41) is 0. The fourth-order valence-corrected chi connectivity index (χ4v) is 2.73. The monoisotopic (exact) mass is 299 g/mol. The average Bonchev–Trinajstić information content (AvgIpc) is 2.89. The van der Waals surface area contributed by atoms with Crippen LogP contribution in [0.5, 0.6) is 0 Å². The van der Waals surface area contributed by atoms with Crippen LogP contribution < -0.4 is 4.90 Å². The average molecular weight is 299 g/mol. The van der Waals surface area contributed by atoms with Crippen molar-refractivity contribution in [3.63, 3.8) is 0 Å². The van der Waals surface area contributed by atoms with Crippen LogP contribution in [0.25, 0.3) is 11.6 Å². The van der Waals surface area contributed by atoms with E-state index in [2.05, 4.69) is 9.97 Å². The van der Waals surface area contributed by atoms with Gasteiger partial charge in [0, 0.05) is 18.0 Å². The van der Waals surface area contributed by atoms with Gasteiger partial charge < -0.3 is 0 Å². The first kappa shape index (κ1) is 13.4. The Morgan fingerprint density at radius 2 is 1.70 bits per heavy atom. The number of hydrogen-bond donors (Lipinski definition) is 0. The van der Waals surface area contributed by atoms with Crippen molar-refractivity contribution in [3.05, 3.63) is 84.3 Å². The van der Waals surface area contributed by atoms with Crippen LogP contribution in [0.3, 0.4) is 0 Å². The molecule has 4 nitrogen and oxygen atoms in total. The van der Waals surface area contributed by atoms with E-state index in [1.54, 1.807) is 23.5 Å². The Labute approximate surface area is 133 Å². The molecule has 0 bridgehead atoms. The van der Waals surface area contributed by atoms with Crippen molar-refractivity contribution in [2.24, 2.45) is 0 Å². The lowest BCUT2D eigenvalue weighted by atomic mass is 10.0. The lowest BCUT2D eigenvalue weighted by Crippen LogP contribution is -2.21. The van der Waals surface area contributed by atoms with Crippen molar-refractivity contribution < 1.29 is 4.79 Å². The van der Waals surface area contributed by atoms with Gasteiger partial charge in [0.1, 0.15) is 0 Å². The fraction of sp³-hybridized carbons (Fsp3) is 0. The van der Waals surface area contributed by atoms with Crippen LogP contribution in [-0.2, 0) is 4.79 Å². The molecule has 0 N–H and O–H groups in total. The van der Waals surface area contributed by atoms with Gasteiger partial charge in [-0.25, -0.2) is 4.98 Å². The number of nitrogens with zero attached hydrogens (tertiary/aromatic N) is 3. The molecule has 0 saturated carbocycles. The van der Waals surface area contributed by atoms with Gasteiger partial charge in [-0.2, -0.15) is 0 Å². The number of amides is 1. The summed E-state index contributed by atoms with van der Waals surface area (Å²) in [6.07, 6.45) is 6.69. The molecule has 0 saturated heterocycles. The molecule has 1 amide bonds. The zero-order valence-electron chi connectivity index (χ0n) is 12.3. The van der Waals surface area contributed by atoms with E-state index in [0.29, 0.717) is 11.4 Å². The van der Waals surface area contributed by atoms with Gasteiger partial charge in [-0.05, 0) is 17.7 Å². The summed E-state index contributed by atoms with van der Waals surface area (Å²) in [7, 11) is 0. The topological polar surface area (TPSA) is 46.1 Å². The Hall–Kier alpha value is -3.27. The highest BCUT2D eigenvalue weighted by molar-refractivity contribution is 6.37. The molecule has 0 spiro atoms. The van der Waals surface area contributed by atoms with Crippen LogP contribution in [0, 0.1) is 0 Å². The van der Waals surface area contributed by atoms with Gasteiger partial charge in [0.15, 0.2) is 5.82 Å². The molecule has 1 aliphatic heterocycles. The molecule has 0 radical (unpaired) electrons. The van der Waals surface area contributed by atoms with Crippen molar-refractivity contribution in [1.29, 1.82) is 0 Å². The molecule has 3 aromatic rings. The van der Waals surface area contributed by atoms with E-state index in [9.17, 15) is 4.79 Å². The van der Waals surface area contributed by atoms with Gasteiger partial charge in [0.05, 0.1) is 17.5 Å². The maximum atomic E-state index is 13.0. The molecule has 0 fully saturated rings. The second-order valence-electron chi connectivity index (χ2n) is 5.19.